The van der Waals surface area contributed by atoms with Crippen molar-refractivity contribution in [3.05, 3.63) is 78.1 Å². The molecule has 0 radical (unpaired) electrons. The first-order chi connectivity index (χ1) is 15.1. The van der Waals surface area contributed by atoms with E-state index >= 15 is 0 Å². The number of anilines is 3. The quantitative estimate of drug-likeness (QED) is 0.465. The fourth-order valence-corrected chi connectivity index (χ4v) is 4.24. The van der Waals surface area contributed by atoms with Gasteiger partial charge in [-0.2, -0.15) is 0 Å². The number of benzene rings is 2. The van der Waals surface area contributed by atoms with Gasteiger partial charge in [0.15, 0.2) is 0 Å². The van der Waals surface area contributed by atoms with Crippen LogP contribution in [0.3, 0.4) is 0 Å². The number of nitrogens with zero attached hydrogens (tertiary/aromatic N) is 3. The van der Waals surface area contributed by atoms with Crippen molar-refractivity contribution < 1.29 is 4.79 Å². The molecule has 5 rings (SSSR count). The maximum atomic E-state index is 11.9. The van der Waals surface area contributed by atoms with E-state index in [1.54, 1.807) is 0 Å². The standard InChI is InChI=1S/C26H24N4O/c1-17-22-6-3-4-7-23(22)28-18(2)26(17)29-24-14-11-20(16-27-24)19-9-12-21(13-10-19)30-15-5-8-25(30)31/h3-4,6-7,9-14,16H,5,8,15H2,1-2H3,(H,27,29). The fraction of sp³-hybridized carbons (Fsp3) is 0.192. The minimum absolute atomic E-state index is 0.207. The molecule has 0 bridgehead atoms. The first-order valence-corrected chi connectivity index (χ1v) is 10.6. The van der Waals surface area contributed by atoms with E-state index in [-0.39, 0.29) is 5.91 Å². The van der Waals surface area contributed by atoms with Gasteiger partial charge < -0.3 is 10.2 Å². The first kappa shape index (κ1) is 19.2. The molecule has 1 aliphatic heterocycles. The van der Waals surface area contributed by atoms with Crippen LogP contribution in [0, 0.1) is 13.8 Å². The lowest BCUT2D eigenvalue weighted by molar-refractivity contribution is -0.117. The Morgan fingerprint density at radius 2 is 1.71 bits per heavy atom. The number of carbonyl (C=O) groups is 1. The fourth-order valence-electron chi connectivity index (χ4n) is 4.24. The maximum Gasteiger partial charge on any atom is 0.227 e. The number of fused-ring (bicyclic) bond motifs is 1. The molecule has 1 N–H and O–H groups in total. The zero-order chi connectivity index (χ0) is 21.4. The lowest BCUT2D eigenvalue weighted by Gasteiger charge is -2.16. The zero-order valence-corrected chi connectivity index (χ0v) is 17.7. The lowest BCUT2D eigenvalue weighted by atomic mass is 10.1. The summed E-state index contributed by atoms with van der Waals surface area (Å²) in [5.41, 5.74) is 7.20. The van der Waals surface area contributed by atoms with Gasteiger partial charge >= 0.3 is 0 Å². The highest BCUT2D eigenvalue weighted by atomic mass is 16.2. The number of pyridine rings is 2. The summed E-state index contributed by atoms with van der Waals surface area (Å²) in [5.74, 6) is 0.991. The van der Waals surface area contributed by atoms with Crippen molar-refractivity contribution in [2.24, 2.45) is 0 Å². The minimum atomic E-state index is 0.207. The van der Waals surface area contributed by atoms with Crippen molar-refractivity contribution in [3.63, 3.8) is 0 Å². The van der Waals surface area contributed by atoms with Gasteiger partial charge in [-0.3, -0.25) is 9.78 Å². The second-order valence-corrected chi connectivity index (χ2v) is 7.97. The second-order valence-electron chi connectivity index (χ2n) is 7.97. The first-order valence-electron chi connectivity index (χ1n) is 10.6. The predicted molar refractivity (Wildman–Crippen MR) is 126 cm³/mol. The second kappa shape index (κ2) is 7.84. The van der Waals surface area contributed by atoms with E-state index in [4.69, 9.17) is 4.98 Å². The molecule has 0 unspecified atom stereocenters. The number of para-hydroxylation sites is 1. The maximum absolute atomic E-state index is 11.9. The largest absolute Gasteiger partial charge is 0.339 e. The van der Waals surface area contributed by atoms with Gasteiger partial charge in [0.2, 0.25) is 5.91 Å². The molecule has 4 aromatic rings. The molecular formula is C26H24N4O. The molecule has 5 nitrogen and oxygen atoms in total. The Bertz CT molecular complexity index is 1260. The molecule has 3 heterocycles. The van der Waals surface area contributed by atoms with Gasteiger partial charge in [-0.15, -0.1) is 0 Å². The Morgan fingerprint density at radius 3 is 2.42 bits per heavy atom. The summed E-state index contributed by atoms with van der Waals surface area (Å²) in [6.07, 6.45) is 3.45. The highest BCUT2D eigenvalue weighted by Crippen LogP contribution is 2.30. The molecule has 2 aromatic carbocycles. The van der Waals surface area contributed by atoms with Crippen LogP contribution in [0.2, 0.25) is 0 Å². The molecule has 5 heteroatoms. The van der Waals surface area contributed by atoms with Gasteiger partial charge in [-0.1, -0.05) is 30.3 Å². The third-order valence-electron chi connectivity index (χ3n) is 5.94. The number of hydrogen-bond donors (Lipinski definition) is 1. The Hall–Kier alpha value is -3.73. The van der Waals surface area contributed by atoms with Gasteiger partial charge in [0, 0.05) is 35.8 Å². The lowest BCUT2D eigenvalue weighted by Crippen LogP contribution is -2.23. The topological polar surface area (TPSA) is 58.1 Å². The molecule has 31 heavy (non-hydrogen) atoms. The normalized spacial score (nSPS) is 13.7. The molecule has 0 aliphatic carbocycles. The summed E-state index contributed by atoms with van der Waals surface area (Å²) in [6.45, 7) is 4.94. The molecule has 1 fully saturated rings. The molecule has 154 valence electrons. The van der Waals surface area contributed by atoms with E-state index in [1.165, 1.54) is 5.56 Å². The molecule has 0 atom stereocenters. The van der Waals surface area contributed by atoms with Gasteiger partial charge in [-0.25, -0.2) is 4.98 Å². The molecular weight excluding hydrogens is 384 g/mol. The van der Waals surface area contributed by atoms with E-state index in [0.29, 0.717) is 6.42 Å². The van der Waals surface area contributed by atoms with Crippen LogP contribution < -0.4 is 10.2 Å². The Kier molecular flexibility index (Phi) is 4.86. The molecule has 1 aliphatic rings. The molecule has 2 aromatic heterocycles. The third kappa shape index (κ3) is 3.63. The van der Waals surface area contributed by atoms with Crippen molar-refractivity contribution in [1.29, 1.82) is 0 Å². The van der Waals surface area contributed by atoms with Crippen LogP contribution in [-0.4, -0.2) is 22.4 Å². The third-order valence-corrected chi connectivity index (χ3v) is 5.94. The van der Waals surface area contributed by atoms with E-state index in [9.17, 15) is 4.79 Å². The van der Waals surface area contributed by atoms with Crippen molar-refractivity contribution in [1.82, 2.24) is 9.97 Å². The van der Waals surface area contributed by atoms with Crippen molar-refractivity contribution in [2.45, 2.75) is 26.7 Å². The SMILES string of the molecule is Cc1nc2ccccc2c(C)c1Nc1ccc(-c2ccc(N3CCCC3=O)cc2)cn1. The summed E-state index contributed by atoms with van der Waals surface area (Å²) in [4.78, 5) is 23.1. The van der Waals surface area contributed by atoms with Crippen LogP contribution in [0.25, 0.3) is 22.0 Å². The monoisotopic (exact) mass is 408 g/mol. The van der Waals surface area contributed by atoms with E-state index < -0.39 is 0 Å². The van der Waals surface area contributed by atoms with Crippen LogP contribution in [-0.2, 0) is 4.79 Å². The number of hydrogen-bond acceptors (Lipinski definition) is 4. The summed E-state index contributed by atoms with van der Waals surface area (Å²) in [5, 5.41) is 4.59. The van der Waals surface area contributed by atoms with Gasteiger partial charge in [0.05, 0.1) is 16.9 Å². The van der Waals surface area contributed by atoms with Crippen molar-refractivity contribution in [2.75, 3.05) is 16.8 Å². The van der Waals surface area contributed by atoms with E-state index in [1.807, 2.05) is 66.6 Å². The number of amides is 1. The summed E-state index contributed by atoms with van der Waals surface area (Å²) < 4.78 is 0. The van der Waals surface area contributed by atoms with Crippen LogP contribution in [0.15, 0.2) is 66.9 Å². The number of nitrogens with one attached hydrogen (secondary N) is 1. The van der Waals surface area contributed by atoms with Crippen molar-refractivity contribution >= 4 is 34.0 Å². The average Bonchev–Trinajstić information content (AvgIpc) is 3.23. The molecule has 0 saturated carbocycles. The van der Waals surface area contributed by atoms with Gasteiger partial charge in [0.25, 0.3) is 0 Å². The summed E-state index contributed by atoms with van der Waals surface area (Å²) in [6, 6.07) is 20.3. The van der Waals surface area contributed by atoms with Crippen LogP contribution in [0.4, 0.5) is 17.2 Å². The summed E-state index contributed by atoms with van der Waals surface area (Å²) in [7, 11) is 0. The Morgan fingerprint density at radius 1 is 0.935 bits per heavy atom. The van der Waals surface area contributed by atoms with E-state index in [2.05, 4.69) is 29.4 Å². The average molecular weight is 409 g/mol. The molecule has 1 amide bonds. The zero-order valence-electron chi connectivity index (χ0n) is 17.7. The molecule has 1 saturated heterocycles. The molecule has 0 spiro atoms. The Balaban J connectivity index is 1.37. The smallest absolute Gasteiger partial charge is 0.227 e. The van der Waals surface area contributed by atoms with Crippen LogP contribution in [0.1, 0.15) is 24.1 Å². The number of carbonyl (C=O) groups excluding carboxylic acids is 1. The van der Waals surface area contributed by atoms with Gasteiger partial charge in [-0.05, 0) is 61.7 Å². The summed E-state index contributed by atoms with van der Waals surface area (Å²) >= 11 is 0. The van der Waals surface area contributed by atoms with Crippen molar-refractivity contribution in [3.8, 4) is 11.1 Å². The Labute approximate surface area is 181 Å². The van der Waals surface area contributed by atoms with Gasteiger partial charge in [0.1, 0.15) is 5.82 Å². The predicted octanol–water partition coefficient (Wildman–Crippen LogP) is 5.78. The minimum Gasteiger partial charge on any atom is -0.339 e. The number of aromatic nitrogens is 2. The highest BCUT2D eigenvalue weighted by Gasteiger charge is 2.21. The number of aryl methyl sites for hydroxylation is 2. The van der Waals surface area contributed by atoms with Crippen LogP contribution in [0.5, 0.6) is 0 Å². The highest BCUT2D eigenvalue weighted by molar-refractivity contribution is 5.95. The number of rotatable bonds is 4. The van der Waals surface area contributed by atoms with Crippen LogP contribution >= 0.6 is 0 Å². The van der Waals surface area contributed by atoms with E-state index in [0.717, 1.165) is 57.9 Å².